The second kappa shape index (κ2) is 38.9. The zero-order valence-electron chi connectivity index (χ0n) is 34.9. The lowest BCUT2D eigenvalue weighted by molar-refractivity contribution is -0.160. The van der Waals surface area contributed by atoms with Crippen LogP contribution in [0, 0.1) is 12.3 Å². The molecule has 11 nitrogen and oxygen atoms in total. The van der Waals surface area contributed by atoms with Crippen LogP contribution < -0.4 is 5.32 Å². The molecule has 0 aliphatic carbocycles. The highest BCUT2D eigenvalue weighted by Gasteiger charge is 2.26. The number of carbonyl (C=O) groups is 3. The van der Waals surface area contributed by atoms with Crippen molar-refractivity contribution in [3.63, 3.8) is 0 Å². The van der Waals surface area contributed by atoms with E-state index in [4.69, 9.17) is 25.2 Å². The predicted octanol–water partition coefficient (Wildman–Crippen LogP) is 10.4. The zero-order chi connectivity index (χ0) is 40.7. The van der Waals surface area contributed by atoms with Gasteiger partial charge in [-0.3, -0.25) is 18.9 Å². The van der Waals surface area contributed by atoms with Gasteiger partial charge in [0.2, 0.25) is 5.91 Å². The summed E-state index contributed by atoms with van der Waals surface area (Å²) in [6.45, 7) is 3.79. The Kier molecular flexibility index (Phi) is 37.5. The molecular weight excluding hydrogens is 721 g/mol. The quantitative estimate of drug-likeness (QED) is 0.0235. The zero-order valence-corrected chi connectivity index (χ0v) is 35.8. The number of nitrogens with one attached hydrogen (secondary N) is 1. The first kappa shape index (κ1) is 53.0. The van der Waals surface area contributed by atoms with E-state index < -0.39 is 44.4 Å². The molecule has 322 valence electrons. The molecule has 0 rings (SSSR count). The molecule has 0 aromatic heterocycles. The molecule has 55 heavy (non-hydrogen) atoms. The average molecular weight is 802 g/mol. The number of phosphoric acid groups is 1. The van der Waals surface area contributed by atoms with Crippen LogP contribution in [0.25, 0.3) is 0 Å². The highest BCUT2D eigenvalue weighted by atomic mass is 31.2. The first-order chi connectivity index (χ1) is 26.6. The molecule has 0 heterocycles. The van der Waals surface area contributed by atoms with Gasteiger partial charge < -0.3 is 29.3 Å². The summed E-state index contributed by atoms with van der Waals surface area (Å²) in [5.41, 5.74) is 0. The Morgan fingerprint density at radius 1 is 0.618 bits per heavy atom. The lowest BCUT2D eigenvalue weighted by Crippen LogP contribution is -2.42. The lowest BCUT2D eigenvalue weighted by atomic mass is 10.0. The first-order valence-corrected chi connectivity index (χ1v) is 23.5. The summed E-state index contributed by atoms with van der Waals surface area (Å²) < 4.78 is 32.6. The van der Waals surface area contributed by atoms with Crippen molar-refractivity contribution in [3.05, 3.63) is 0 Å². The van der Waals surface area contributed by atoms with Gasteiger partial charge in [-0.05, 0) is 12.8 Å². The summed E-state index contributed by atoms with van der Waals surface area (Å²) in [5, 5.41) is 2.66. The SMILES string of the molecule is C#CCOCCC(=O)NC(COP(=O)(O)O)C[C@H](COC(=O)CCCCCCCCCCCCCCC)OC(=O)CCCCCCCCCCCCCCC. The molecule has 12 heteroatoms. The van der Waals surface area contributed by atoms with Crippen LogP contribution in [0.1, 0.15) is 206 Å². The summed E-state index contributed by atoms with van der Waals surface area (Å²) in [7, 11) is -4.86. The Morgan fingerprint density at radius 2 is 1.04 bits per heavy atom. The summed E-state index contributed by atoms with van der Waals surface area (Å²) in [6.07, 6.45) is 35.5. The van der Waals surface area contributed by atoms with Gasteiger partial charge in [0, 0.05) is 19.3 Å². The van der Waals surface area contributed by atoms with Crippen LogP contribution >= 0.6 is 7.82 Å². The highest BCUT2D eigenvalue weighted by molar-refractivity contribution is 7.46. The molecule has 0 aliphatic rings. The molecule has 2 atom stereocenters. The van der Waals surface area contributed by atoms with Crippen molar-refractivity contribution in [2.45, 2.75) is 219 Å². The Morgan fingerprint density at radius 3 is 1.45 bits per heavy atom. The van der Waals surface area contributed by atoms with Crippen LogP contribution in [0.2, 0.25) is 0 Å². The number of phosphoric ester groups is 1. The molecule has 1 amide bonds. The Hall–Kier alpha value is -1.96. The van der Waals surface area contributed by atoms with Crippen LogP contribution in [0.3, 0.4) is 0 Å². The summed E-state index contributed by atoms with van der Waals surface area (Å²) in [4.78, 5) is 56.7. The van der Waals surface area contributed by atoms with Gasteiger partial charge in [-0.1, -0.05) is 174 Å². The van der Waals surface area contributed by atoms with Crippen LogP contribution in [0.15, 0.2) is 0 Å². The van der Waals surface area contributed by atoms with E-state index >= 15 is 0 Å². The van der Waals surface area contributed by atoms with Gasteiger partial charge >= 0.3 is 19.8 Å². The van der Waals surface area contributed by atoms with Gasteiger partial charge in [0.1, 0.15) is 19.3 Å². The van der Waals surface area contributed by atoms with E-state index in [9.17, 15) is 28.7 Å². The van der Waals surface area contributed by atoms with Crippen LogP contribution in [-0.2, 0) is 37.7 Å². The minimum Gasteiger partial charge on any atom is -0.462 e. The fourth-order valence-electron chi connectivity index (χ4n) is 6.50. The molecule has 0 aromatic carbocycles. The van der Waals surface area contributed by atoms with Gasteiger partial charge in [-0.2, -0.15) is 0 Å². The van der Waals surface area contributed by atoms with E-state index in [-0.39, 0.29) is 45.5 Å². The highest BCUT2D eigenvalue weighted by Crippen LogP contribution is 2.36. The van der Waals surface area contributed by atoms with E-state index in [0.29, 0.717) is 12.8 Å². The van der Waals surface area contributed by atoms with Crippen molar-refractivity contribution in [3.8, 4) is 12.3 Å². The number of ether oxygens (including phenoxy) is 3. The summed E-state index contributed by atoms with van der Waals surface area (Å²) >= 11 is 0. The van der Waals surface area contributed by atoms with Crippen molar-refractivity contribution in [2.24, 2.45) is 0 Å². The number of terminal acetylenes is 1. The van der Waals surface area contributed by atoms with Crippen molar-refractivity contribution < 1.29 is 47.5 Å². The molecular formula is C43H80NO10P. The monoisotopic (exact) mass is 802 g/mol. The van der Waals surface area contributed by atoms with E-state index in [0.717, 1.165) is 38.5 Å². The Bertz CT molecular complexity index is 1010. The van der Waals surface area contributed by atoms with Crippen molar-refractivity contribution in [2.75, 3.05) is 26.4 Å². The molecule has 0 aliphatic heterocycles. The van der Waals surface area contributed by atoms with Crippen molar-refractivity contribution in [1.82, 2.24) is 5.32 Å². The Labute approximate surface area is 335 Å². The molecule has 3 N–H and O–H groups in total. The minimum atomic E-state index is -4.86. The fourth-order valence-corrected chi connectivity index (χ4v) is 6.87. The fraction of sp³-hybridized carbons (Fsp3) is 0.884. The number of amides is 1. The van der Waals surface area contributed by atoms with Gasteiger partial charge in [0.15, 0.2) is 0 Å². The summed E-state index contributed by atoms with van der Waals surface area (Å²) in [6, 6.07) is -0.943. The van der Waals surface area contributed by atoms with Gasteiger partial charge in [0.05, 0.1) is 25.7 Å². The maximum atomic E-state index is 12.9. The average Bonchev–Trinajstić information content (AvgIpc) is 3.14. The van der Waals surface area contributed by atoms with Gasteiger partial charge in [-0.15, -0.1) is 6.42 Å². The molecule has 0 spiro atoms. The third-order valence-electron chi connectivity index (χ3n) is 9.71. The molecule has 1 unspecified atom stereocenters. The van der Waals surface area contributed by atoms with E-state index in [1.54, 1.807) is 0 Å². The molecule has 0 aromatic rings. The first-order valence-electron chi connectivity index (χ1n) is 22.0. The van der Waals surface area contributed by atoms with Crippen molar-refractivity contribution in [1.29, 1.82) is 0 Å². The normalized spacial score (nSPS) is 12.6. The Balaban J connectivity index is 4.83. The topological polar surface area (TPSA) is 158 Å². The van der Waals surface area contributed by atoms with E-state index in [1.165, 1.54) is 116 Å². The second-order valence-corrected chi connectivity index (χ2v) is 16.3. The largest absolute Gasteiger partial charge is 0.469 e. The molecule has 0 radical (unpaired) electrons. The van der Waals surface area contributed by atoms with Crippen LogP contribution in [-0.4, -0.2) is 66.2 Å². The number of hydrogen-bond acceptors (Lipinski definition) is 8. The molecule has 0 saturated heterocycles. The van der Waals surface area contributed by atoms with E-state index in [2.05, 4.69) is 25.1 Å². The predicted molar refractivity (Wildman–Crippen MR) is 220 cm³/mol. The number of rotatable bonds is 41. The minimum absolute atomic E-state index is 0.0416. The number of hydrogen-bond donors (Lipinski definition) is 3. The number of carbonyl (C=O) groups excluding carboxylic acids is 3. The van der Waals surface area contributed by atoms with E-state index in [1.807, 2.05) is 0 Å². The number of unbranched alkanes of at least 4 members (excludes halogenated alkanes) is 24. The maximum Gasteiger partial charge on any atom is 0.469 e. The molecule has 0 fully saturated rings. The number of esters is 2. The van der Waals surface area contributed by atoms with Gasteiger partial charge in [0.25, 0.3) is 0 Å². The maximum absolute atomic E-state index is 12.9. The van der Waals surface area contributed by atoms with Crippen molar-refractivity contribution >= 4 is 25.7 Å². The molecule has 0 saturated carbocycles. The lowest BCUT2D eigenvalue weighted by Gasteiger charge is -2.25. The molecule has 0 bridgehead atoms. The standard InChI is InChI=1S/C43H80NO10P/c1-4-7-9-11-13-15-17-19-21-23-25-27-29-31-42(46)52-38-40(36-39(37-53-55(48,49)50)44-41(45)33-35-51-34-6-3)54-43(47)32-30-28-26-24-22-20-18-16-14-12-10-8-5-2/h3,39-40H,4-5,7-38H2,1-2H3,(H,44,45)(H2,48,49,50)/t39?,40-/m1/s1. The third kappa shape index (κ3) is 40.1. The smallest absolute Gasteiger partial charge is 0.462 e. The second-order valence-electron chi connectivity index (χ2n) is 15.1. The van der Waals surface area contributed by atoms with Crippen LogP contribution in [0.4, 0.5) is 0 Å². The third-order valence-corrected chi connectivity index (χ3v) is 10.2. The van der Waals surface area contributed by atoms with Crippen LogP contribution in [0.5, 0.6) is 0 Å². The summed E-state index contributed by atoms with van der Waals surface area (Å²) in [5.74, 6) is 0.988. The van der Waals surface area contributed by atoms with Gasteiger partial charge in [-0.25, -0.2) is 4.57 Å².